The number of fused-ring (bicyclic) bond motifs is 1. The van der Waals surface area contributed by atoms with Gasteiger partial charge in [-0.25, -0.2) is 19.2 Å². The van der Waals surface area contributed by atoms with E-state index < -0.39 is 23.6 Å². The Balaban J connectivity index is 1.60. The molecule has 1 saturated carbocycles. The number of rotatable bonds is 7. The van der Waals surface area contributed by atoms with Crippen molar-refractivity contribution in [2.24, 2.45) is 0 Å². The number of ether oxygens (including phenoxy) is 1. The lowest BCUT2D eigenvalue weighted by Gasteiger charge is -2.26. The topological polar surface area (TPSA) is 94.5 Å². The van der Waals surface area contributed by atoms with E-state index in [1.807, 2.05) is 0 Å². The SMILES string of the molecule is CONC(=O)c1cc(F)ccc1N[C@H](C)c1cc(F)cc2c(=O)n(C3CC3)c(C3CCOCC3)nc12. The predicted octanol–water partition coefficient (Wildman–Crippen LogP) is 4.37. The highest BCUT2D eigenvalue weighted by Crippen LogP contribution is 2.38. The number of hydroxylamine groups is 1. The Kier molecular flexibility index (Phi) is 6.72. The number of nitrogens with zero attached hydrogens (tertiary/aromatic N) is 2. The van der Waals surface area contributed by atoms with Crippen molar-refractivity contribution in [3.63, 3.8) is 0 Å². The fourth-order valence-electron chi connectivity index (χ4n) is 4.86. The summed E-state index contributed by atoms with van der Waals surface area (Å²) in [5, 5.41) is 3.38. The molecule has 1 amide bonds. The van der Waals surface area contributed by atoms with Crippen molar-refractivity contribution in [2.45, 2.75) is 50.6 Å². The van der Waals surface area contributed by atoms with Crippen LogP contribution in [0, 0.1) is 11.6 Å². The van der Waals surface area contributed by atoms with Gasteiger partial charge >= 0.3 is 0 Å². The average molecular weight is 499 g/mol. The van der Waals surface area contributed by atoms with Crippen molar-refractivity contribution >= 4 is 22.5 Å². The monoisotopic (exact) mass is 498 g/mol. The van der Waals surface area contributed by atoms with E-state index in [0.29, 0.717) is 30.0 Å². The van der Waals surface area contributed by atoms with Gasteiger partial charge in [0.1, 0.15) is 17.5 Å². The molecule has 0 bridgehead atoms. The van der Waals surface area contributed by atoms with Crippen LogP contribution in [0.1, 0.15) is 72.4 Å². The van der Waals surface area contributed by atoms with Crippen molar-refractivity contribution in [3.05, 3.63) is 69.3 Å². The van der Waals surface area contributed by atoms with E-state index in [0.717, 1.165) is 37.6 Å². The summed E-state index contributed by atoms with van der Waals surface area (Å²) in [6.07, 6.45) is 3.34. The van der Waals surface area contributed by atoms with Gasteiger partial charge in [-0.3, -0.25) is 19.0 Å². The lowest BCUT2D eigenvalue weighted by Crippen LogP contribution is -2.29. The predicted molar refractivity (Wildman–Crippen MR) is 130 cm³/mol. The molecule has 1 aliphatic carbocycles. The lowest BCUT2D eigenvalue weighted by molar-refractivity contribution is 0.0538. The zero-order valence-corrected chi connectivity index (χ0v) is 20.1. The third-order valence-corrected chi connectivity index (χ3v) is 6.78. The molecule has 5 rings (SSSR count). The van der Waals surface area contributed by atoms with Crippen LogP contribution >= 0.6 is 0 Å². The highest BCUT2D eigenvalue weighted by molar-refractivity contribution is 5.99. The van der Waals surface area contributed by atoms with Crippen LogP contribution in [-0.2, 0) is 9.57 Å². The second-order valence-electron chi connectivity index (χ2n) is 9.35. The maximum atomic E-state index is 14.8. The third-order valence-electron chi connectivity index (χ3n) is 6.78. The molecule has 8 nitrogen and oxygen atoms in total. The van der Waals surface area contributed by atoms with Gasteiger partial charge in [-0.2, -0.15) is 0 Å². The Morgan fingerprint density at radius 2 is 1.89 bits per heavy atom. The molecule has 2 fully saturated rings. The number of benzene rings is 2. The molecule has 2 aromatic carbocycles. The van der Waals surface area contributed by atoms with Gasteiger partial charge in [0, 0.05) is 36.4 Å². The second kappa shape index (κ2) is 9.94. The van der Waals surface area contributed by atoms with Gasteiger partial charge in [-0.15, -0.1) is 0 Å². The Hall–Kier alpha value is -3.37. The molecule has 190 valence electrons. The van der Waals surface area contributed by atoms with E-state index in [4.69, 9.17) is 9.72 Å². The van der Waals surface area contributed by atoms with Gasteiger partial charge in [-0.05, 0) is 62.9 Å². The molecule has 0 unspecified atom stereocenters. The van der Waals surface area contributed by atoms with E-state index in [2.05, 4.69) is 15.6 Å². The van der Waals surface area contributed by atoms with Crippen molar-refractivity contribution in [2.75, 3.05) is 25.6 Å². The van der Waals surface area contributed by atoms with E-state index >= 15 is 0 Å². The van der Waals surface area contributed by atoms with Crippen LogP contribution in [0.3, 0.4) is 0 Å². The van der Waals surface area contributed by atoms with Crippen LogP contribution in [0.2, 0.25) is 0 Å². The molecular weight excluding hydrogens is 470 g/mol. The minimum Gasteiger partial charge on any atom is -0.381 e. The number of hydrogen-bond donors (Lipinski definition) is 2. The van der Waals surface area contributed by atoms with Gasteiger partial charge in [0.15, 0.2) is 0 Å². The molecule has 3 aromatic rings. The van der Waals surface area contributed by atoms with Gasteiger partial charge in [0.05, 0.1) is 29.6 Å². The Morgan fingerprint density at radius 1 is 1.14 bits per heavy atom. The molecule has 2 N–H and O–H groups in total. The van der Waals surface area contributed by atoms with Gasteiger partial charge in [-0.1, -0.05) is 0 Å². The highest BCUT2D eigenvalue weighted by Gasteiger charge is 2.32. The molecule has 0 radical (unpaired) electrons. The van der Waals surface area contributed by atoms with Crippen LogP contribution in [0.15, 0.2) is 35.1 Å². The number of carbonyl (C=O) groups excluding carboxylic acids is 1. The van der Waals surface area contributed by atoms with Crippen molar-refractivity contribution in [3.8, 4) is 0 Å². The number of nitrogens with one attached hydrogen (secondary N) is 2. The fourth-order valence-corrected chi connectivity index (χ4v) is 4.86. The molecule has 2 heterocycles. The molecule has 36 heavy (non-hydrogen) atoms. The first-order valence-electron chi connectivity index (χ1n) is 12.1. The smallest absolute Gasteiger partial charge is 0.277 e. The Labute approximate surface area is 206 Å². The van der Waals surface area contributed by atoms with Crippen LogP contribution in [0.4, 0.5) is 14.5 Å². The Bertz CT molecular complexity index is 1370. The molecule has 1 aromatic heterocycles. The highest BCUT2D eigenvalue weighted by atomic mass is 19.1. The molecule has 1 saturated heterocycles. The summed E-state index contributed by atoms with van der Waals surface area (Å²) in [6.45, 7) is 2.99. The summed E-state index contributed by atoms with van der Waals surface area (Å²) in [4.78, 5) is 35.7. The molecular formula is C26H28F2N4O4. The molecule has 1 atom stereocenters. The first-order valence-corrected chi connectivity index (χ1v) is 12.1. The number of carbonyl (C=O) groups is 1. The number of aromatic nitrogens is 2. The van der Waals surface area contributed by atoms with E-state index in [1.54, 1.807) is 11.5 Å². The summed E-state index contributed by atoms with van der Waals surface area (Å²) in [7, 11) is 1.28. The summed E-state index contributed by atoms with van der Waals surface area (Å²) >= 11 is 0. The lowest BCUT2D eigenvalue weighted by atomic mass is 9.97. The normalized spacial score (nSPS) is 17.2. The van der Waals surface area contributed by atoms with Crippen molar-refractivity contribution in [1.29, 1.82) is 0 Å². The Morgan fingerprint density at radius 3 is 2.58 bits per heavy atom. The van der Waals surface area contributed by atoms with Gasteiger partial charge in [0.2, 0.25) is 0 Å². The molecule has 1 aliphatic heterocycles. The molecule has 0 spiro atoms. The summed E-state index contributed by atoms with van der Waals surface area (Å²) in [6, 6.07) is 5.85. The van der Waals surface area contributed by atoms with Crippen LogP contribution in [0.5, 0.6) is 0 Å². The minimum atomic E-state index is -0.636. The first-order chi connectivity index (χ1) is 17.4. The zero-order valence-electron chi connectivity index (χ0n) is 20.1. The maximum Gasteiger partial charge on any atom is 0.277 e. The van der Waals surface area contributed by atoms with Gasteiger partial charge in [0.25, 0.3) is 11.5 Å². The molecule has 10 heteroatoms. The van der Waals surface area contributed by atoms with Crippen molar-refractivity contribution < 1.29 is 23.1 Å². The fraction of sp³-hybridized carbons (Fsp3) is 0.423. The number of hydrogen-bond acceptors (Lipinski definition) is 6. The van der Waals surface area contributed by atoms with Crippen LogP contribution < -0.4 is 16.4 Å². The standard InChI is InChI=1S/C26H28F2N4O4/c1-14(29-22-6-3-16(27)11-20(22)25(33)31-35-2)19-12-17(28)13-21-23(19)30-24(15-7-9-36-10-8-15)32(26(21)34)18-4-5-18/h3,6,11-15,18,29H,4-5,7-10H2,1-2H3,(H,31,33)/t14-/m1/s1. The number of amides is 1. The maximum absolute atomic E-state index is 14.8. The first kappa shape index (κ1) is 24.3. The zero-order chi connectivity index (χ0) is 25.4. The second-order valence-corrected chi connectivity index (χ2v) is 9.35. The third kappa shape index (κ3) is 4.70. The number of anilines is 1. The van der Waals surface area contributed by atoms with Gasteiger partial charge < -0.3 is 10.1 Å². The molecule has 2 aliphatic rings. The quantitative estimate of drug-likeness (QED) is 0.470. The van der Waals surface area contributed by atoms with Crippen LogP contribution in [-0.4, -0.2) is 35.8 Å². The minimum absolute atomic E-state index is 0.0244. The average Bonchev–Trinajstić information content (AvgIpc) is 3.70. The van der Waals surface area contributed by atoms with Crippen LogP contribution in [0.25, 0.3) is 10.9 Å². The van der Waals surface area contributed by atoms with Crippen molar-refractivity contribution in [1.82, 2.24) is 15.0 Å². The van der Waals surface area contributed by atoms with E-state index in [9.17, 15) is 18.4 Å². The summed E-state index contributed by atoms with van der Waals surface area (Å²) in [5.41, 5.74) is 3.19. The summed E-state index contributed by atoms with van der Waals surface area (Å²) < 4.78 is 35.9. The van der Waals surface area contributed by atoms with E-state index in [-0.39, 0.29) is 28.5 Å². The summed E-state index contributed by atoms with van der Waals surface area (Å²) in [5.74, 6) is -0.973. The van der Waals surface area contributed by atoms with E-state index in [1.165, 1.54) is 31.4 Å². The largest absolute Gasteiger partial charge is 0.381 e. The number of halogens is 2.